The van der Waals surface area contributed by atoms with Gasteiger partial charge in [-0.05, 0) is 43.7 Å². The molecule has 2 rings (SSSR count). The van der Waals surface area contributed by atoms with Gasteiger partial charge in [-0.15, -0.1) is 0 Å². The molecule has 0 aromatic heterocycles. The van der Waals surface area contributed by atoms with Gasteiger partial charge in [0.1, 0.15) is 5.75 Å². The van der Waals surface area contributed by atoms with Crippen LogP contribution >= 0.6 is 0 Å². The van der Waals surface area contributed by atoms with E-state index in [4.69, 9.17) is 10.5 Å². The van der Waals surface area contributed by atoms with Crippen molar-refractivity contribution in [2.75, 3.05) is 12.8 Å². The van der Waals surface area contributed by atoms with Crippen molar-refractivity contribution in [3.8, 4) is 5.75 Å². The number of rotatable bonds is 3. The molecule has 104 valence electrons. The van der Waals surface area contributed by atoms with Crippen LogP contribution in [-0.2, 0) is 0 Å². The lowest BCUT2D eigenvalue weighted by atomic mass is 9.87. The Hall–Kier alpha value is -1.71. The summed E-state index contributed by atoms with van der Waals surface area (Å²) in [5.74, 6) is 1.36. The molecule has 4 nitrogen and oxygen atoms in total. The first-order valence-corrected chi connectivity index (χ1v) is 6.84. The van der Waals surface area contributed by atoms with Crippen molar-refractivity contribution in [1.29, 1.82) is 0 Å². The van der Waals surface area contributed by atoms with Gasteiger partial charge in [-0.2, -0.15) is 0 Å². The largest absolute Gasteiger partial charge is 0.497 e. The molecule has 1 aromatic rings. The van der Waals surface area contributed by atoms with Crippen LogP contribution < -0.4 is 15.8 Å². The monoisotopic (exact) mass is 262 g/mol. The Morgan fingerprint density at radius 3 is 2.58 bits per heavy atom. The smallest absolute Gasteiger partial charge is 0.253 e. The second kappa shape index (κ2) is 5.95. The predicted octanol–water partition coefficient (Wildman–Crippen LogP) is 2.59. The van der Waals surface area contributed by atoms with E-state index in [1.807, 2.05) is 0 Å². The molecule has 0 radical (unpaired) electrons. The minimum Gasteiger partial charge on any atom is -0.497 e. The summed E-state index contributed by atoms with van der Waals surface area (Å²) >= 11 is 0. The Morgan fingerprint density at radius 1 is 1.32 bits per heavy atom. The Kier molecular flexibility index (Phi) is 4.30. The molecule has 19 heavy (non-hydrogen) atoms. The third-order valence-corrected chi connectivity index (χ3v) is 3.85. The summed E-state index contributed by atoms with van der Waals surface area (Å²) in [7, 11) is 1.58. The average Bonchev–Trinajstić information content (AvgIpc) is 2.41. The number of nitrogen functional groups attached to an aromatic ring is 1. The minimum atomic E-state index is -0.0836. The number of ether oxygens (including phenoxy) is 1. The van der Waals surface area contributed by atoms with E-state index in [9.17, 15) is 4.79 Å². The molecule has 1 amide bonds. The molecule has 0 bridgehead atoms. The number of carbonyl (C=O) groups excluding carboxylic acids is 1. The lowest BCUT2D eigenvalue weighted by Crippen LogP contribution is -2.37. The Labute approximate surface area is 114 Å². The van der Waals surface area contributed by atoms with Crippen LogP contribution in [0.4, 0.5) is 5.69 Å². The summed E-state index contributed by atoms with van der Waals surface area (Å²) in [5, 5.41) is 3.07. The summed E-state index contributed by atoms with van der Waals surface area (Å²) in [6, 6.07) is 5.44. The van der Waals surface area contributed by atoms with Crippen molar-refractivity contribution in [1.82, 2.24) is 5.32 Å². The highest BCUT2D eigenvalue weighted by Gasteiger charge is 2.21. The number of hydrogen-bond donors (Lipinski definition) is 2. The molecule has 3 N–H and O–H groups in total. The maximum atomic E-state index is 12.2. The standard InChI is InChI=1S/C15H22N2O2/c1-10-3-5-11(6-4-10)17-15(18)13-8-7-12(19-2)9-14(13)16/h7-11H,3-6,16H2,1-2H3,(H,17,18). The molecule has 1 aliphatic rings. The Balaban J connectivity index is 2.00. The van der Waals surface area contributed by atoms with Gasteiger partial charge in [0.05, 0.1) is 12.7 Å². The van der Waals surface area contributed by atoms with Crippen LogP contribution in [0.1, 0.15) is 43.0 Å². The summed E-state index contributed by atoms with van der Waals surface area (Å²) < 4.78 is 5.08. The van der Waals surface area contributed by atoms with Gasteiger partial charge in [-0.3, -0.25) is 4.79 Å². The first kappa shape index (κ1) is 13.7. The molecule has 0 atom stereocenters. The van der Waals surface area contributed by atoms with E-state index in [-0.39, 0.29) is 11.9 Å². The number of benzene rings is 1. The molecular weight excluding hydrogens is 240 g/mol. The highest BCUT2D eigenvalue weighted by molar-refractivity contribution is 5.99. The molecule has 0 heterocycles. The van der Waals surface area contributed by atoms with Crippen molar-refractivity contribution in [3.63, 3.8) is 0 Å². The zero-order chi connectivity index (χ0) is 13.8. The maximum absolute atomic E-state index is 12.2. The van der Waals surface area contributed by atoms with E-state index in [2.05, 4.69) is 12.2 Å². The van der Waals surface area contributed by atoms with Crippen molar-refractivity contribution in [3.05, 3.63) is 23.8 Å². The quantitative estimate of drug-likeness (QED) is 0.823. The zero-order valence-corrected chi connectivity index (χ0v) is 11.6. The fraction of sp³-hybridized carbons (Fsp3) is 0.533. The average molecular weight is 262 g/mol. The van der Waals surface area contributed by atoms with Crippen molar-refractivity contribution >= 4 is 11.6 Å². The van der Waals surface area contributed by atoms with Crippen LogP contribution in [0.3, 0.4) is 0 Å². The van der Waals surface area contributed by atoms with Crippen molar-refractivity contribution in [2.45, 2.75) is 38.6 Å². The number of amides is 1. The SMILES string of the molecule is COc1ccc(C(=O)NC2CCC(C)CC2)c(N)c1. The molecule has 4 heteroatoms. The number of carbonyl (C=O) groups is 1. The number of hydrogen-bond acceptors (Lipinski definition) is 3. The van der Waals surface area contributed by atoms with Crippen LogP contribution in [0.2, 0.25) is 0 Å². The molecule has 1 aromatic carbocycles. The topological polar surface area (TPSA) is 64.3 Å². The third-order valence-electron chi connectivity index (χ3n) is 3.85. The zero-order valence-electron chi connectivity index (χ0n) is 11.6. The van der Waals surface area contributed by atoms with Crippen LogP contribution in [-0.4, -0.2) is 19.1 Å². The lowest BCUT2D eigenvalue weighted by Gasteiger charge is -2.27. The van der Waals surface area contributed by atoms with Gasteiger partial charge in [0.15, 0.2) is 0 Å². The summed E-state index contributed by atoms with van der Waals surface area (Å²) in [6.07, 6.45) is 4.48. The van der Waals surface area contributed by atoms with Crippen LogP contribution in [0.25, 0.3) is 0 Å². The third kappa shape index (κ3) is 3.40. The molecule has 0 unspecified atom stereocenters. The van der Waals surface area contributed by atoms with Gasteiger partial charge < -0.3 is 15.8 Å². The summed E-state index contributed by atoms with van der Waals surface area (Å²) in [6.45, 7) is 2.26. The summed E-state index contributed by atoms with van der Waals surface area (Å²) in [4.78, 5) is 12.2. The minimum absolute atomic E-state index is 0.0836. The van der Waals surface area contributed by atoms with Gasteiger partial charge >= 0.3 is 0 Å². The highest BCUT2D eigenvalue weighted by Crippen LogP contribution is 2.24. The van der Waals surface area contributed by atoms with Crippen LogP contribution in [0.5, 0.6) is 5.75 Å². The maximum Gasteiger partial charge on any atom is 0.253 e. The molecule has 1 aliphatic carbocycles. The van der Waals surface area contributed by atoms with E-state index in [1.165, 1.54) is 12.8 Å². The summed E-state index contributed by atoms with van der Waals surface area (Å²) in [5.41, 5.74) is 6.87. The lowest BCUT2D eigenvalue weighted by molar-refractivity contribution is 0.0924. The molecule has 1 saturated carbocycles. The van der Waals surface area contributed by atoms with Gasteiger partial charge in [0.25, 0.3) is 5.91 Å². The van der Waals surface area contributed by atoms with E-state index < -0.39 is 0 Å². The molecular formula is C15H22N2O2. The molecule has 1 fully saturated rings. The van der Waals surface area contributed by atoms with Gasteiger partial charge in [0.2, 0.25) is 0 Å². The second-order valence-corrected chi connectivity index (χ2v) is 5.38. The van der Waals surface area contributed by atoms with Crippen molar-refractivity contribution in [2.24, 2.45) is 5.92 Å². The fourth-order valence-corrected chi connectivity index (χ4v) is 2.54. The normalized spacial score (nSPS) is 22.8. The highest BCUT2D eigenvalue weighted by atomic mass is 16.5. The van der Waals surface area contributed by atoms with Gasteiger partial charge in [0, 0.05) is 17.8 Å². The van der Waals surface area contributed by atoms with E-state index in [0.717, 1.165) is 18.8 Å². The fourth-order valence-electron chi connectivity index (χ4n) is 2.54. The van der Waals surface area contributed by atoms with E-state index in [1.54, 1.807) is 25.3 Å². The first-order chi connectivity index (χ1) is 9.10. The predicted molar refractivity (Wildman–Crippen MR) is 76.3 cm³/mol. The molecule has 0 spiro atoms. The Morgan fingerprint density at radius 2 is 2.00 bits per heavy atom. The van der Waals surface area contributed by atoms with E-state index >= 15 is 0 Å². The van der Waals surface area contributed by atoms with E-state index in [0.29, 0.717) is 17.0 Å². The van der Waals surface area contributed by atoms with Gasteiger partial charge in [-0.25, -0.2) is 0 Å². The van der Waals surface area contributed by atoms with Gasteiger partial charge in [-0.1, -0.05) is 6.92 Å². The number of nitrogens with two attached hydrogens (primary N) is 1. The van der Waals surface area contributed by atoms with Crippen LogP contribution in [0, 0.1) is 5.92 Å². The first-order valence-electron chi connectivity index (χ1n) is 6.84. The number of methoxy groups -OCH3 is 1. The number of anilines is 1. The second-order valence-electron chi connectivity index (χ2n) is 5.38. The van der Waals surface area contributed by atoms with Crippen molar-refractivity contribution < 1.29 is 9.53 Å². The molecule has 0 aliphatic heterocycles. The van der Waals surface area contributed by atoms with Crippen LogP contribution in [0.15, 0.2) is 18.2 Å². The number of nitrogens with one attached hydrogen (secondary N) is 1. The molecule has 0 saturated heterocycles. The Bertz CT molecular complexity index is 451.